The molecule has 0 aliphatic heterocycles. The Labute approximate surface area is 116 Å². The number of aromatic hydroxyl groups is 1. The van der Waals surface area contributed by atoms with Gasteiger partial charge in [0.05, 0.1) is 6.61 Å². The minimum atomic E-state index is 0.386. The SMILES string of the molecule is CCOCCN(CC)C1CCCc2cc(O)ccc21. The average Bonchev–Trinajstić information content (AvgIpc) is 2.43. The summed E-state index contributed by atoms with van der Waals surface area (Å²) in [6.07, 6.45) is 3.49. The van der Waals surface area contributed by atoms with Gasteiger partial charge in [0.2, 0.25) is 0 Å². The van der Waals surface area contributed by atoms with Crippen molar-refractivity contribution in [2.24, 2.45) is 0 Å². The molecule has 1 unspecified atom stereocenters. The van der Waals surface area contributed by atoms with Gasteiger partial charge in [0, 0.05) is 19.2 Å². The molecule has 3 nitrogen and oxygen atoms in total. The van der Waals surface area contributed by atoms with Gasteiger partial charge in [-0.05, 0) is 56.0 Å². The first kappa shape index (κ1) is 14.4. The van der Waals surface area contributed by atoms with E-state index in [1.54, 1.807) is 0 Å². The molecule has 3 heteroatoms. The monoisotopic (exact) mass is 263 g/mol. The van der Waals surface area contributed by atoms with E-state index in [1.165, 1.54) is 24.0 Å². The average molecular weight is 263 g/mol. The third-order valence-corrected chi connectivity index (χ3v) is 3.98. The molecule has 1 aromatic rings. The zero-order chi connectivity index (χ0) is 13.7. The molecule has 1 aliphatic rings. The van der Waals surface area contributed by atoms with E-state index in [0.717, 1.165) is 32.7 Å². The van der Waals surface area contributed by atoms with Gasteiger partial charge in [0.25, 0.3) is 0 Å². The first-order valence-corrected chi connectivity index (χ1v) is 7.39. The van der Waals surface area contributed by atoms with Crippen molar-refractivity contribution in [1.29, 1.82) is 0 Å². The van der Waals surface area contributed by atoms with E-state index in [0.29, 0.717) is 11.8 Å². The Morgan fingerprint density at radius 3 is 2.95 bits per heavy atom. The number of phenolic OH excluding ortho intramolecular Hbond substituents is 1. The Morgan fingerprint density at radius 2 is 2.21 bits per heavy atom. The summed E-state index contributed by atoms with van der Waals surface area (Å²) in [6, 6.07) is 6.32. The van der Waals surface area contributed by atoms with Gasteiger partial charge >= 0.3 is 0 Å². The maximum atomic E-state index is 9.61. The van der Waals surface area contributed by atoms with E-state index < -0.39 is 0 Å². The molecule has 1 N–H and O–H groups in total. The molecular formula is C16H25NO2. The number of rotatable bonds is 6. The van der Waals surface area contributed by atoms with Crippen LogP contribution >= 0.6 is 0 Å². The predicted octanol–water partition coefficient (Wildman–Crippen LogP) is 3.13. The first-order chi connectivity index (χ1) is 9.26. The molecule has 106 valence electrons. The van der Waals surface area contributed by atoms with E-state index in [9.17, 15) is 5.11 Å². The number of hydrogen-bond donors (Lipinski definition) is 1. The summed E-state index contributed by atoms with van der Waals surface area (Å²) in [4.78, 5) is 2.49. The van der Waals surface area contributed by atoms with Gasteiger partial charge in [0.15, 0.2) is 0 Å². The van der Waals surface area contributed by atoms with Gasteiger partial charge in [-0.15, -0.1) is 0 Å². The van der Waals surface area contributed by atoms with Crippen LogP contribution in [-0.2, 0) is 11.2 Å². The van der Waals surface area contributed by atoms with Crippen LogP contribution in [0.5, 0.6) is 5.75 Å². The van der Waals surface area contributed by atoms with Gasteiger partial charge in [-0.3, -0.25) is 4.90 Å². The van der Waals surface area contributed by atoms with Crippen LogP contribution < -0.4 is 0 Å². The zero-order valence-corrected chi connectivity index (χ0v) is 12.1. The van der Waals surface area contributed by atoms with E-state index >= 15 is 0 Å². The topological polar surface area (TPSA) is 32.7 Å². The molecule has 0 spiro atoms. The summed E-state index contributed by atoms with van der Waals surface area (Å²) in [5.41, 5.74) is 2.70. The normalized spacial score (nSPS) is 18.6. The Balaban J connectivity index is 2.12. The molecule has 0 fully saturated rings. The van der Waals surface area contributed by atoms with Crippen molar-refractivity contribution in [2.45, 2.75) is 39.2 Å². The standard InChI is InChI=1S/C16H25NO2/c1-3-17(10-11-19-4-2)16-7-5-6-13-12-14(18)8-9-15(13)16/h8-9,12,16,18H,3-7,10-11H2,1-2H3. The number of aryl methyl sites for hydroxylation is 1. The highest BCUT2D eigenvalue weighted by Gasteiger charge is 2.24. The van der Waals surface area contributed by atoms with E-state index in [1.807, 2.05) is 19.1 Å². The van der Waals surface area contributed by atoms with E-state index in [-0.39, 0.29) is 0 Å². The van der Waals surface area contributed by atoms with Crippen LogP contribution in [0, 0.1) is 0 Å². The third-order valence-electron chi connectivity index (χ3n) is 3.98. The Hall–Kier alpha value is -1.06. The summed E-state index contributed by atoms with van der Waals surface area (Å²) in [7, 11) is 0. The summed E-state index contributed by atoms with van der Waals surface area (Å²) < 4.78 is 5.48. The number of ether oxygens (including phenoxy) is 1. The Kier molecular flexibility index (Phi) is 5.23. The fourth-order valence-corrected chi connectivity index (χ4v) is 3.01. The van der Waals surface area contributed by atoms with Crippen molar-refractivity contribution in [3.8, 4) is 5.75 Å². The smallest absolute Gasteiger partial charge is 0.115 e. The third kappa shape index (κ3) is 3.48. The lowest BCUT2D eigenvalue weighted by Gasteiger charge is -2.35. The van der Waals surface area contributed by atoms with Crippen LogP contribution in [-0.4, -0.2) is 36.3 Å². The molecule has 1 aliphatic carbocycles. The molecule has 19 heavy (non-hydrogen) atoms. The van der Waals surface area contributed by atoms with Crippen molar-refractivity contribution in [2.75, 3.05) is 26.3 Å². The van der Waals surface area contributed by atoms with Crippen LogP contribution in [0.15, 0.2) is 18.2 Å². The summed E-state index contributed by atoms with van der Waals surface area (Å²) in [5, 5.41) is 9.61. The van der Waals surface area contributed by atoms with Crippen molar-refractivity contribution >= 4 is 0 Å². The lowest BCUT2D eigenvalue weighted by atomic mass is 9.86. The molecule has 0 bridgehead atoms. The second-order valence-electron chi connectivity index (χ2n) is 5.12. The quantitative estimate of drug-likeness (QED) is 0.800. The Bertz CT molecular complexity index is 406. The molecule has 1 aromatic carbocycles. The molecule has 0 saturated carbocycles. The maximum absolute atomic E-state index is 9.61. The van der Waals surface area contributed by atoms with E-state index in [2.05, 4.69) is 17.9 Å². The van der Waals surface area contributed by atoms with Crippen molar-refractivity contribution in [3.63, 3.8) is 0 Å². The molecule has 0 amide bonds. The van der Waals surface area contributed by atoms with Crippen molar-refractivity contribution < 1.29 is 9.84 Å². The van der Waals surface area contributed by atoms with Crippen LogP contribution in [0.1, 0.15) is 43.9 Å². The minimum Gasteiger partial charge on any atom is -0.508 e. The first-order valence-electron chi connectivity index (χ1n) is 7.39. The lowest BCUT2D eigenvalue weighted by Crippen LogP contribution is -2.34. The second-order valence-corrected chi connectivity index (χ2v) is 5.12. The fourth-order valence-electron chi connectivity index (χ4n) is 3.01. The number of likely N-dealkylation sites (N-methyl/N-ethyl adjacent to an activating group) is 1. The van der Waals surface area contributed by atoms with Gasteiger partial charge in [0.1, 0.15) is 5.75 Å². The number of nitrogens with zero attached hydrogens (tertiary/aromatic N) is 1. The number of hydrogen-bond acceptors (Lipinski definition) is 3. The molecule has 1 atom stereocenters. The number of fused-ring (bicyclic) bond motifs is 1. The van der Waals surface area contributed by atoms with E-state index in [4.69, 9.17) is 4.74 Å². The molecule has 2 rings (SSSR count). The fraction of sp³-hybridized carbons (Fsp3) is 0.625. The van der Waals surface area contributed by atoms with Crippen molar-refractivity contribution in [3.05, 3.63) is 29.3 Å². The second kappa shape index (κ2) is 6.92. The molecular weight excluding hydrogens is 238 g/mol. The van der Waals surface area contributed by atoms with Gasteiger partial charge in [-0.2, -0.15) is 0 Å². The lowest BCUT2D eigenvalue weighted by molar-refractivity contribution is 0.0917. The van der Waals surface area contributed by atoms with Gasteiger partial charge in [-0.1, -0.05) is 13.0 Å². The minimum absolute atomic E-state index is 0.386. The number of phenols is 1. The maximum Gasteiger partial charge on any atom is 0.115 e. The van der Waals surface area contributed by atoms with Crippen LogP contribution in [0.3, 0.4) is 0 Å². The summed E-state index contributed by atoms with van der Waals surface area (Å²) >= 11 is 0. The molecule has 0 aromatic heterocycles. The zero-order valence-electron chi connectivity index (χ0n) is 12.1. The molecule has 0 saturated heterocycles. The van der Waals surface area contributed by atoms with Crippen LogP contribution in [0.4, 0.5) is 0 Å². The number of benzene rings is 1. The highest BCUT2D eigenvalue weighted by Crippen LogP contribution is 2.35. The Morgan fingerprint density at radius 1 is 1.37 bits per heavy atom. The predicted molar refractivity (Wildman–Crippen MR) is 77.5 cm³/mol. The van der Waals surface area contributed by atoms with Crippen LogP contribution in [0.2, 0.25) is 0 Å². The van der Waals surface area contributed by atoms with Crippen LogP contribution in [0.25, 0.3) is 0 Å². The molecule has 0 radical (unpaired) electrons. The van der Waals surface area contributed by atoms with Gasteiger partial charge < -0.3 is 9.84 Å². The highest BCUT2D eigenvalue weighted by molar-refractivity contribution is 5.38. The van der Waals surface area contributed by atoms with Gasteiger partial charge in [-0.25, -0.2) is 0 Å². The molecule has 0 heterocycles. The van der Waals surface area contributed by atoms with Crippen molar-refractivity contribution in [1.82, 2.24) is 4.90 Å². The largest absolute Gasteiger partial charge is 0.508 e. The summed E-state index contributed by atoms with van der Waals surface area (Å²) in [6.45, 7) is 7.85. The summed E-state index contributed by atoms with van der Waals surface area (Å²) in [5.74, 6) is 0.386. The highest BCUT2D eigenvalue weighted by atomic mass is 16.5.